The molecule has 0 spiro atoms. The second kappa shape index (κ2) is 4.73. The van der Waals surface area contributed by atoms with Crippen LogP contribution < -0.4 is 0 Å². The van der Waals surface area contributed by atoms with Crippen molar-refractivity contribution in [3.8, 4) is 0 Å². The maximum atomic E-state index is 4.83. The number of hydrogen-bond acceptors (Lipinski definition) is 2. The number of benzene rings is 1. The number of rotatable bonds is 2. The second-order valence-electron chi connectivity index (χ2n) is 5.23. The summed E-state index contributed by atoms with van der Waals surface area (Å²) in [6.07, 6.45) is 2.48. The molecule has 1 aromatic heterocycles. The molecule has 96 valence electrons. The van der Waals surface area contributed by atoms with Gasteiger partial charge in [-0.3, -0.25) is 0 Å². The first-order valence-corrected chi connectivity index (χ1v) is 6.93. The first-order valence-electron chi connectivity index (χ1n) is 6.93. The SMILES string of the molecule is CCN1CCC(c2nc3ccccc3n2C)CC1. The summed E-state index contributed by atoms with van der Waals surface area (Å²) in [6.45, 7) is 5.85. The molecule has 0 N–H and O–H groups in total. The number of hydrogen-bond donors (Lipinski definition) is 0. The minimum Gasteiger partial charge on any atom is -0.331 e. The van der Waals surface area contributed by atoms with Crippen molar-refractivity contribution in [2.24, 2.45) is 7.05 Å². The summed E-state index contributed by atoms with van der Waals surface area (Å²) in [5.41, 5.74) is 2.39. The van der Waals surface area contributed by atoms with Crippen LogP contribution >= 0.6 is 0 Å². The summed E-state index contributed by atoms with van der Waals surface area (Å²) in [7, 11) is 2.15. The first-order chi connectivity index (χ1) is 8.79. The average Bonchev–Trinajstić information content (AvgIpc) is 2.77. The zero-order valence-corrected chi connectivity index (χ0v) is 11.3. The Morgan fingerprint density at radius 3 is 2.61 bits per heavy atom. The third-order valence-corrected chi connectivity index (χ3v) is 4.22. The van der Waals surface area contributed by atoms with E-state index < -0.39 is 0 Å². The fourth-order valence-corrected chi connectivity index (χ4v) is 3.04. The van der Waals surface area contributed by atoms with Crippen LogP contribution in [0.1, 0.15) is 31.5 Å². The van der Waals surface area contributed by atoms with Crippen LogP contribution in [0.5, 0.6) is 0 Å². The lowest BCUT2D eigenvalue weighted by Gasteiger charge is -2.30. The van der Waals surface area contributed by atoms with E-state index in [2.05, 4.69) is 47.7 Å². The van der Waals surface area contributed by atoms with Gasteiger partial charge in [0.2, 0.25) is 0 Å². The van der Waals surface area contributed by atoms with Crippen LogP contribution in [0.2, 0.25) is 0 Å². The molecular formula is C15H21N3. The van der Waals surface area contributed by atoms with Gasteiger partial charge in [0.05, 0.1) is 11.0 Å². The molecular weight excluding hydrogens is 222 g/mol. The normalized spacial score (nSPS) is 18.6. The van der Waals surface area contributed by atoms with Crippen molar-refractivity contribution in [3.05, 3.63) is 30.1 Å². The highest BCUT2D eigenvalue weighted by atomic mass is 15.1. The third kappa shape index (κ3) is 1.93. The molecule has 0 saturated carbocycles. The lowest BCUT2D eigenvalue weighted by Crippen LogP contribution is -2.33. The molecule has 0 amide bonds. The van der Waals surface area contributed by atoms with E-state index in [0.717, 1.165) is 5.52 Å². The first kappa shape index (κ1) is 11.7. The van der Waals surface area contributed by atoms with Gasteiger partial charge < -0.3 is 9.47 Å². The van der Waals surface area contributed by atoms with Crippen LogP contribution in [0.15, 0.2) is 24.3 Å². The topological polar surface area (TPSA) is 21.1 Å². The van der Waals surface area contributed by atoms with Crippen molar-refractivity contribution in [3.63, 3.8) is 0 Å². The highest BCUT2D eigenvalue weighted by molar-refractivity contribution is 5.75. The van der Waals surface area contributed by atoms with Gasteiger partial charge in [-0.1, -0.05) is 19.1 Å². The fourth-order valence-electron chi connectivity index (χ4n) is 3.04. The van der Waals surface area contributed by atoms with Gasteiger partial charge in [0.15, 0.2) is 0 Å². The number of nitrogens with zero attached hydrogens (tertiary/aromatic N) is 3. The molecule has 0 bridgehead atoms. The summed E-state index contributed by atoms with van der Waals surface area (Å²) in [5.74, 6) is 1.90. The van der Waals surface area contributed by atoms with Gasteiger partial charge in [0.25, 0.3) is 0 Å². The molecule has 1 aliphatic heterocycles. The van der Waals surface area contributed by atoms with Crippen LogP contribution in [0.4, 0.5) is 0 Å². The van der Waals surface area contributed by atoms with E-state index in [0.29, 0.717) is 5.92 Å². The Labute approximate surface area is 108 Å². The molecule has 0 aliphatic carbocycles. The standard InChI is InChI=1S/C15H21N3/c1-3-18-10-8-12(9-11-18)15-16-13-6-4-5-7-14(13)17(15)2/h4-7,12H,3,8-11H2,1-2H3. The fraction of sp³-hybridized carbons (Fsp3) is 0.533. The van der Waals surface area contributed by atoms with Gasteiger partial charge >= 0.3 is 0 Å². The molecule has 0 atom stereocenters. The van der Waals surface area contributed by atoms with Crippen molar-refractivity contribution in [2.45, 2.75) is 25.7 Å². The number of aromatic nitrogens is 2. The summed E-state index contributed by atoms with van der Waals surface area (Å²) >= 11 is 0. The van der Waals surface area contributed by atoms with Gasteiger partial charge in [-0.2, -0.15) is 0 Å². The Bertz CT molecular complexity index is 536. The number of piperidine rings is 1. The van der Waals surface area contributed by atoms with E-state index in [1.165, 1.54) is 43.8 Å². The average molecular weight is 243 g/mol. The van der Waals surface area contributed by atoms with E-state index in [4.69, 9.17) is 4.98 Å². The smallest absolute Gasteiger partial charge is 0.112 e. The molecule has 2 aromatic rings. The summed E-state index contributed by atoms with van der Waals surface area (Å²) < 4.78 is 2.28. The van der Waals surface area contributed by atoms with Crippen molar-refractivity contribution >= 4 is 11.0 Å². The highest BCUT2D eigenvalue weighted by Gasteiger charge is 2.23. The van der Waals surface area contributed by atoms with Crippen LogP contribution in [0.25, 0.3) is 11.0 Å². The number of fused-ring (bicyclic) bond motifs is 1. The number of likely N-dealkylation sites (tertiary alicyclic amines) is 1. The summed E-state index contributed by atoms with van der Waals surface area (Å²) in [6, 6.07) is 8.43. The zero-order chi connectivity index (χ0) is 12.5. The molecule has 2 heterocycles. The number of aryl methyl sites for hydroxylation is 1. The largest absolute Gasteiger partial charge is 0.331 e. The highest BCUT2D eigenvalue weighted by Crippen LogP contribution is 2.29. The summed E-state index contributed by atoms with van der Waals surface area (Å²) in [5, 5.41) is 0. The maximum absolute atomic E-state index is 4.83. The Hall–Kier alpha value is -1.35. The molecule has 3 rings (SSSR count). The predicted octanol–water partition coefficient (Wildman–Crippen LogP) is 2.77. The van der Waals surface area contributed by atoms with E-state index in [1.807, 2.05) is 0 Å². The Morgan fingerprint density at radius 1 is 1.22 bits per heavy atom. The van der Waals surface area contributed by atoms with Crippen LogP contribution in [0, 0.1) is 0 Å². The molecule has 3 nitrogen and oxygen atoms in total. The van der Waals surface area contributed by atoms with Crippen LogP contribution in [-0.4, -0.2) is 34.1 Å². The predicted molar refractivity (Wildman–Crippen MR) is 74.8 cm³/mol. The lowest BCUT2D eigenvalue weighted by atomic mass is 9.96. The lowest BCUT2D eigenvalue weighted by molar-refractivity contribution is 0.218. The van der Waals surface area contributed by atoms with Gasteiger partial charge in [-0.05, 0) is 44.6 Å². The van der Waals surface area contributed by atoms with Crippen molar-refractivity contribution in [1.29, 1.82) is 0 Å². The Morgan fingerprint density at radius 2 is 1.94 bits per heavy atom. The third-order valence-electron chi connectivity index (χ3n) is 4.22. The van der Waals surface area contributed by atoms with E-state index in [9.17, 15) is 0 Å². The minimum atomic E-state index is 0.630. The Kier molecular flexibility index (Phi) is 3.08. The van der Waals surface area contributed by atoms with E-state index in [1.54, 1.807) is 0 Å². The summed E-state index contributed by atoms with van der Waals surface area (Å²) in [4.78, 5) is 7.36. The van der Waals surface area contributed by atoms with Crippen molar-refractivity contribution in [1.82, 2.24) is 14.5 Å². The molecule has 18 heavy (non-hydrogen) atoms. The second-order valence-corrected chi connectivity index (χ2v) is 5.23. The monoisotopic (exact) mass is 243 g/mol. The van der Waals surface area contributed by atoms with Gasteiger partial charge in [0.1, 0.15) is 5.82 Å². The van der Waals surface area contributed by atoms with Crippen molar-refractivity contribution < 1.29 is 0 Å². The van der Waals surface area contributed by atoms with E-state index >= 15 is 0 Å². The molecule has 3 heteroatoms. The van der Waals surface area contributed by atoms with Gasteiger partial charge in [-0.15, -0.1) is 0 Å². The van der Waals surface area contributed by atoms with Crippen molar-refractivity contribution in [2.75, 3.05) is 19.6 Å². The van der Waals surface area contributed by atoms with Crippen LogP contribution in [0.3, 0.4) is 0 Å². The quantitative estimate of drug-likeness (QED) is 0.808. The zero-order valence-electron chi connectivity index (χ0n) is 11.3. The van der Waals surface area contributed by atoms with E-state index in [-0.39, 0.29) is 0 Å². The molecule has 1 fully saturated rings. The van der Waals surface area contributed by atoms with Gasteiger partial charge in [0, 0.05) is 13.0 Å². The number of imidazole rings is 1. The molecule has 1 aromatic carbocycles. The van der Waals surface area contributed by atoms with Gasteiger partial charge in [-0.25, -0.2) is 4.98 Å². The Balaban J connectivity index is 1.89. The molecule has 0 unspecified atom stereocenters. The van der Waals surface area contributed by atoms with Crippen LogP contribution in [-0.2, 0) is 7.05 Å². The molecule has 1 saturated heterocycles. The minimum absolute atomic E-state index is 0.630. The molecule has 1 aliphatic rings. The number of para-hydroxylation sites is 2. The molecule has 0 radical (unpaired) electrons. The maximum Gasteiger partial charge on any atom is 0.112 e.